The summed E-state index contributed by atoms with van der Waals surface area (Å²) in [5.74, 6) is 0.677. The summed E-state index contributed by atoms with van der Waals surface area (Å²) in [6.07, 6.45) is 2.69. The lowest BCUT2D eigenvalue weighted by Gasteiger charge is -2.22. The van der Waals surface area contributed by atoms with E-state index in [2.05, 4.69) is 26.0 Å². The predicted octanol–water partition coefficient (Wildman–Crippen LogP) is 2.64. The van der Waals surface area contributed by atoms with E-state index in [-0.39, 0.29) is 11.9 Å². The molecule has 0 saturated heterocycles. The minimum absolute atomic E-state index is 0.0753. The van der Waals surface area contributed by atoms with Gasteiger partial charge in [-0.25, -0.2) is 0 Å². The normalized spacial score (nSPS) is 16.3. The Kier molecular flexibility index (Phi) is 3.71. The van der Waals surface area contributed by atoms with E-state index in [1.807, 2.05) is 13.1 Å². The second-order valence-electron chi connectivity index (χ2n) is 5.12. The molecule has 0 aromatic heterocycles. The van der Waals surface area contributed by atoms with Gasteiger partial charge >= 0.3 is 0 Å². The second kappa shape index (κ2) is 5.11. The SMILES string of the molecule is CCC(CC)C(N)c1ccc2c(c1)CC(=O)N2C. The highest BCUT2D eigenvalue weighted by molar-refractivity contribution is 6.00. The molecule has 1 aromatic rings. The minimum Gasteiger partial charge on any atom is -0.324 e. The molecule has 98 valence electrons. The van der Waals surface area contributed by atoms with Crippen molar-refractivity contribution in [1.29, 1.82) is 0 Å². The lowest BCUT2D eigenvalue weighted by atomic mass is 9.88. The summed E-state index contributed by atoms with van der Waals surface area (Å²) in [5.41, 5.74) is 9.62. The van der Waals surface area contributed by atoms with Gasteiger partial charge in [-0.1, -0.05) is 38.8 Å². The van der Waals surface area contributed by atoms with Crippen LogP contribution in [0.4, 0.5) is 5.69 Å². The van der Waals surface area contributed by atoms with Crippen molar-refractivity contribution >= 4 is 11.6 Å². The number of hydrogen-bond acceptors (Lipinski definition) is 2. The highest BCUT2D eigenvalue weighted by atomic mass is 16.2. The average Bonchev–Trinajstić information content (AvgIpc) is 2.66. The van der Waals surface area contributed by atoms with Crippen molar-refractivity contribution in [2.24, 2.45) is 11.7 Å². The first-order valence-electron chi connectivity index (χ1n) is 6.73. The van der Waals surface area contributed by atoms with Crippen molar-refractivity contribution < 1.29 is 4.79 Å². The maximum Gasteiger partial charge on any atom is 0.231 e. The number of hydrogen-bond donors (Lipinski definition) is 1. The molecule has 0 aliphatic carbocycles. The quantitative estimate of drug-likeness (QED) is 0.887. The summed E-state index contributed by atoms with van der Waals surface area (Å²) in [7, 11) is 1.83. The average molecular weight is 246 g/mol. The van der Waals surface area contributed by atoms with Crippen LogP contribution in [-0.4, -0.2) is 13.0 Å². The van der Waals surface area contributed by atoms with E-state index in [1.54, 1.807) is 4.90 Å². The zero-order chi connectivity index (χ0) is 13.3. The first-order chi connectivity index (χ1) is 8.58. The number of rotatable bonds is 4. The molecule has 0 spiro atoms. The molecule has 0 saturated carbocycles. The number of amides is 1. The van der Waals surface area contributed by atoms with Crippen molar-refractivity contribution in [1.82, 2.24) is 0 Å². The van der Waals surface area contributed by atoms with Gasteiger partial charge < -0.3 is 10.6 Å². The van der Waals surface area contributed by atoms with Crippen molar-refractivity contribution in [3.63, 3.8) is 0 Å². The maximum absolute atomic E-state index is 11.7. The van der Waals surface area contributed by atoms with E-state index in [9.17, 15) is 4.79 Å². The second-order valence-corrected chi connectivity index (χ2v) is 5.12. The molecule has 1 atom stereocenters. The van der Waals surface area contributed by atoms with E-state index >= 15 is 0 Å². The number of nitrogens with zero attached hydrogens (tertiary/aromatic N) is 1. The van der Waals surface area contributed by atoms with Gasteiger partial charge in [-0.3, -0.25) is 4.79 Å². The molecule has 1 amide bonds. The molecule has 3 heteroatoms. The topological polar surface area (TPSA) is 46.3 Å². The van der Waals surface area contributed by atoms with Crippen molar-refractivity contribution in [2.75, 3.05) is 11.9 Å². The highest BCUT2D eigenvalue weighted by Gasteiger charge is 2.25. The van der Waals surface area contributed by atoms with Gasteiger partial charge in [-0.05, 0) is 23.1 Å². The van der Waals surface area contributed by atoms with Gasteiger partial charge in [0, 0.05) is 18.8 Å². The standard InChI is InChI=1S/C15H22N2O/c1-4-10(5-2)15(16)11-6-7-13-12(8-11)9-14(18)17(13)3/h6-8,10,15H,4-5,9,16H2,1-3H3. The Morgan fingerprint density at radius 2 is 2.00 bits per heavy atom. The monoisotopic (exact) mass is 246 g/mol. The Hall–Kier alpha value is -1.35. The Morgan fingerprint density at radius 3 is 2.61 bits per heavy atom. The Labute approximate surface area is 109 Å². The number of likely N-dealkylation sites (N-methyl/N-ethyl adjacent to an activating group) is 1. The Bertz CT molecular complexity index is 452. The zero-order valence-electron chi connectivity index (χ0n) is 11.4. The van der Waals surface area contributed by atoms with Crippen molar-refractivity contribution in [3.8, 4) is 0 Å². The van der Waals surface area contributed by atoms with E-state index in [1.165, 1.54) is 0 Å². The fourth-order valence-electron chi connectivity index (χ4n) is 2.77. The van der Waals surface area contributed by atoms with Crippen molar-refractivity contribution in [2.45, 2.75) is 39.2 Å². The van der Waals surface area contributed by atoms with Crippen molar-refractivity contribution in [3.05, 3.63) is 29.3 Å². The van der Waals surface area contributed by atoms with Gasteiger partial charge in [0.1, 0.15) is 0 Å². The summed E-state index contributed by atoms with van der Waals surface area (Å²) in [4.78, 5) is 13.4. The predicted molar refractivity (Wildman–Crippen MR) is 74.6 cm³/mol. The molecule has 1 unspecified atom stereocenters. The van der Waals surface area contributed by atoms with Gasteiger partial charge in [-0.15, -0.1) is 0 Å². The molecule has 3 nitrogen and oxygen atoms in total. The van der Waals surface area contributed by atoms with E-state index in [0.29, 0.717) is 12.3 Å². The molecular weight excluding hydrogens is 224 g/mol. The summed E-state index contributed by atoms with van der Waals surface area (Å²) in [6, 6.07) is 6.28. The lowest BCUT2D eigenvalue weighted by Crippen LogP contribution is -2.21. The van der Waals surface area contributed by atoms with E-state index in [0.717, 1.165) is 29.7 Å². The largest absolute Gasteiger partial charge is 0.324 e. The number of carbonyl (C=O) groups is 1. The van der Waals surface area contributed by atoms with E-state index < -0.39 is 0 Å². The van der Waals surface area contributed by atoms with Crippen LogP contribution in [0.15, 0.2) is 18.2 Å². The van der Waals surface area contributed by atoms with Crippen LogP contribution in [0.3, 0.4) is 0 Å². The molecule has 18 heavy (non-hydrogen) atoms. The molecule has 0 fully saturated rings. The number of benzene rings is 1. The first kappa shape index (κ1) is 13.1. The molecule has 1 aliphatic rings. The van der Waals surface area contributed by atoms with Crippen LogP contribution >= 0.6 is 0 Å². The third-order valence-corrected chi connectivity index (χ3v) is 4.12. The molecule has 0 bridgehead atoms. The summed E-state index contributed by atoms with van der Waals surface area (Å²) >= 11 is 0. The first-order valence-corrected chi connectivity index (χ1v) is 6.73. The number of carbonyl (C=O) groups excluding carboxylic acids is 1. The minimum atomic E-state index is 0.0753. The number of fused-ring (bicyclic) bond motifs is 1. The highest BCUT2D eigenvalue weighted by Crippen LogP contribution is 2.32. The smallest absolute Gasteiger partial charge is 0.231 e. The molecule has 0 radical (unpaired) electrons. The third kappa shape index (κ3) is 2.15. The molecule has 1 heterocycles. The van der Waals surface area contributed by atoms with Gasteiger partial charge in [0.25, 0.3) is 0 Å². The number of anilines is 1. The number of nitrogens with two attached hydrogens (primary N) is 1. The van der Waals surface area contributed by atoms with Crippen LogP contribution in [0.25, 0.3) is 0 Å². The Morgan fingerprint density at radius 1 is 1.33 bits per heavy atom. The van der Waals surface area contributed by atoms with Crippen LogP contribution in [0, 0.1) is 5.92 Å². The molecule has 1 aromatic carbocycles. The van der Waals surface area contributed by atoms with Gasteiger partial charge in [0.05, 0.1) is 6.42 Å². The molecule has 2 rings (SSSR count). The fraction of sp³-hybridized carbons (Fsp3) is 0.533. The maximum atomic E-state index is 11.7. The molecule has 2 N–H and O–H groups in total. The van der Waals surface area contributed by atoms with Crippen LogP contribution in [-0.2, 0) is 11.2 Å². The van der Waals surface area contributed by atoms with Crippen LogP contribution in [0.5, 0.6) is 0 Å². The van der Waals surface area contributed by atoms with Crippen LogP contribution in [0.1, 0.15) is 43.9 Å². The van der Waals surface area contributed by atoms with Gasteiger partial charge in [0.2, 0.25) is 5.91 Å². The molecule has 1 aliphatic heterocycles. The fourth-order valence-corrected chi connectivity index (χ4v) is 2.77. The third-order valence-electron chi connectivity index (χ3n) is 4.12. The van der Waals surface area contributed by atoms with E-state index in [4.69, 9.17) is 5.73 Å². The summed E-state index contributed by atoms with van der Waals surface area (Å²) < 4.78 is 0. The van der Waals surface area contributed by atoms with Gasteiger partial charge in [-0.2, -0.15) is 0 Å². The van der Waals surface area contributed by atoms with Crippen LogP contribution < -0.4 is 10.6 Å². The molecular formula is C15H22N2O. The van der Waals surface area contributed by atoms with Gasteiger partial charge in [0.15, 0.2) is 0 Å². The Balaban J connectivity index is 2.28. The van der Waals surface area contributed by atoms with Crippen LogP contribution in [0.2, 0.25) is 0 Å². The summed E-state index contributed by atoms with van der Waals surface area (Å²) in [6.45, 7) is 4.36. The summed E-state index contributed by atoms with van der Waals surface area (Å²) in [5, 5.41) is 0. The zero-order valence-corrected chi connectivity index (χ0v) is 11.4. The lowest BCUT2D eigenvalue weighted by molar-refractivity contribution is -0.117.